The van der Waals surface area contributed by atoms with Crippen LogP contribution in [0.15, 0.2) is 53.3 Å². The number of aromatic amines is 1. The molecule has 1 aliphatic rings. The van der Waals surface area contributed by atoms with Crippen LogP contribution in [0, 0.1) is 0 Å². The van der Waals surface area contributed by atoms with Gasteiger partial charge in [0.2, 0.25) is 0 Å². The van der Waals surface area contributed by atoms with Gasteiger partial charge in [0.05, 0.1) is 11.0 Å². The zero-order valence-electron chi connectivity index (χ0n) is 12.9. The van der Waals surface area contributed by atoms with Crippen molar-refractivity contribution in [2.75, 3.05) is 18.4 Å². The van der Waals surface area contributed by atoms with Gasteiger partial charge in [-0.3, -0.25) is 4.57 Å². The lowest BCUT2D eigenvalue weighted by Gasteiger charge is -2.23. The summed E-state index contributed by atoms with van der Waals surface area (Å²) in [4.78, 5) is 15.4. The van der Waals surface area contributed by atoms with Crippen molar-refractivity contribution in [2.45, 2.75) is 18.9 Å². The molecule has 0 atom stereocenters. The summed E-state index contributed by atoms with van der Waals surface area (Å²) in [6.45, 7) is 1.94. The van der Waals surface area contributed by atoms with E-state index in [0.717, 1.165) is 48.3 Å². The minimum Gasteiger partial charge on any atom is -0.355 e. The third-order valence-electron chi connectivity index (χ3n) is 4.45. The van der Waals surface area contributed by atoms with Gasteiger partial charge in [-0.15, -0.1) is 0 Å². The van der Waals surface area contributed by atoms with Crippen molar-refractivity contribution >= 4 is 22.4 Å². The molecule has 0 aliphatic carbocycles. The standard InChI is InChI=1S/C18H20N4O/c23-18-21-16-12-14(20-13-4-2-1-3-5-13)6-7-17(16)22(18)15-8-10-19-11-9-15/h1-7,12,15,19-20H,8-11H2,(H,21,23). The van der Waals surface area contributed by atoms with E-state index in [1.54, 1.807) is 0 Å². The molecular weight excluding hydrogens is 288 g/mol. The molecule has 1 aromatic heterocycles. The summed E-state index contributed by atoms with van der Waals surface area (Å²) in [5.74, 6) is 0. The van der Waals surface area contributed by atoms with Crippen LogP contribution in [0.3, 0.4) is 0 Å². The van der Waals surface area contributed by atoms with Crippen molar-refractivity contribution in [2.24, 2.45) is 0 Å². The van der Waals surface area contributed by atoms with E-state index in [-0.39, 0.29) is 11.7 Å². The number of aromatic nitrogens is 2. The van der Waals surface area contributed by atoms with Gasteiger partial charge < -0.3 is 15.6 Å². The lowest BCUT2D eigenvalue weighted by Crippen LogP contribution is -2.33. The maximum absolute atomic E-state index is 12.4. The average Bonchev–Trinajstić information content (AvgIpc) is 2.91. The number of para-hydroxylation sites is 1. The molecule has 0 spiro atoms. The molecule has 1 fully saturated rings. The quantitative estimate of drug-likeness (QED) is 0.697. The summed E-state index contributed by atoms with van der Waals surface area (Å²) in [5.41, 5.74) is 3.87. The Labute approximate surface area is 134 Å². The number of imidazole rings is 1. The molecule has 0 saturated carbocycles. The molecule has 1 aliphatic heterocycles. The highest BCUT2D eigenvalue weighted by molar-refractivity contribution is 5.81. The summed E-state index contributed by atoms with van der Waals surface area (Å²) in [7, 11) is 0. The molecule has 118 valence electrons. The Morgan fingerprint density at radius 2 is 1.78 bits per heavy atom. The van der Waals surface area contributed by atoms with E-state index in [2.05, 4.69) is 15.6 Å². The van der Waals surface area contributed by atoms with Gasteiger partial charge in [-0.25, -0.2) is 4.79 Å². The summed E-state index contributed by atoms with van der Waals surface area (Å²) in [6.07, 6.45) is 1.99. The highest BCUT2D eigenvalue weighted by atomic mass is 16.1. The molecule has 0 unspecified atom stereocenters. The minimum atomic E-state index is -0.0104. The van der Waals surface area contributed by atoms with Crippen LogP contribution in [-0.2, 0) is 0 Å². The van der Waals surface area contributed by atoms with E-state index in [1.165, 1.54) is 0 Å². The SMILES string of the molecule is O=c1[nH]c2cc(Nc3ccccc3)ccc2n1C1CCNCC1. The zero-order valence-corrected chi connectivity index (χ0v) is 12.9. The molecule has 5 nitrogen and oxygen atoms in total. The first-order chi connectivity index (χ1) is 11.3. The first kappa shape index (κ1) is 14.1. The van der Waals surface area contributed by atoms with Crippen molar-refractivity contribution in [3.8, 4) is 0 Å². The van der Waals surface area contributed by atoms with E-state index in [4.69, 9.17) is 0 Å². The van der Waals surface area contributed by atoms with Crippen molar-refractivity contribution in [3.63, 3.8) is 0 Å². The molecule has 3 aromatic rings. The van der Waals surface area contributed by atoms with Gasteiger partial charge in [0.1, 0.15) is 0 Å². The van der Waals surface area contributed by atoms with E-state index in [1.807, 2.05) is 53.1 Å². The van der Waals surface area contributed by atoms with Crippen molar-refractivity contribution in [1.82, 2.24) is 14.9 Å². The number of nitrogens with zero attached hydrogens (tertiary/aromatic N) is 1. The van der Waals surface area contributed by atoms with E-state index >= 15 is 0 Å². The van der Waals surface area contributed by atoms with Crippen LogP contribution < -0.4 is 16.3 Å². The summed E-state index contributed by atoms with van der Waals surface area (Å²) < 4.78 is 1.92. The van der Waals surface area contributed by atoms with Crippen molar-refractivity contribution < 1.29 is 0 Å². The number of benzene rings is 2. The maximum atomic E-state index is 12.4. The average molecular weight is 308 g/mol. The Bertz CT molecular complexity index is 860. The monoisotopic (exact) mass is 308 g/mol. The van der Waals surface area contributed by atoms with Crippen LogP contribution in [0.25, 0.3) is 11.0 Å². The maximum Gasteiger partial charge on any atom is 0.326 e. The van der Waals surface area contributed by atoms with Crippen molar-refractivity contribution in [3.05, 3.63) is 59.0 Å². The van der Waals surface area contributed by atoms with Crippen LogP contribution in [0.1, 0.15) is 18.9 Å². The number of piperidine rings is 1. The lowest BCUT2D eigenvalue weighted by molar-refractivity contribution is 0.368. The first-order valence-electron chi connectivity index (χ1n) is 8.08. The second-order valence-corrected chi connectivity index (χ2v) is 6.00. The molecule has 0 amide bonds. The molecule has 2 aromatic carbocycles. The van der Waals surface area contributed by atoms with Crippen LogP contribution in [0.4, 0.5) is 11.4 Å². The van der Waals surface area contributed by atoms with Crippen molar-refractivity contribution in [1.29, 1.82) is 0 Å². The van der Waals surface area contributed by atoms with Gasteiger partial charge in [-0.05, 0) is 56.3 Å². The molecule has 23 heavy (non-hydrogen) atoms. The second-order valence-electron chi connectivity index (χ2n) is 6.00. The van der Waals surface area contributed by atoms with Crippen LogP contribution in [0.5, 0.6) is 0 Å². The Kier molecular flexibility index (Phi) is 3.63. The predicted octanol–water partition coefficient (Wildman–Crippen LogP) is 3.00. The molecule has 0 bridgehead atoms. The van der Waals surface area contributed by atoms with Gasteiger partial charge in [-0.1, -0.05) is 18.2 Å². The normalized spacial score (nSPS) is 15.8. The van der Waals surface area contributed by atoms with E-state index in [0.29, 0.717) is 0 Å². The number of H-pyrrole nitrogens is 1. The van der Waals surface area contributed by atoms with Gasteiger partial charge in [0, 0.05) is 17.4 Å². The summed E-state index contributed by atoms with van der Waals surface area (Å²) >= 11 is 0. The molecule has 0 radical (unpaired) electrons. The Hall–Kier alpha value is -2.53. The third-order valence-corrected chi connectivity index (χ3v) is 4.45. The van der Waals surface area contributed by atoms with E-state index in [9.17, 15) is 4.79 Å². The fourth-order valence-electron chi connectivity index (χ4n) is 3.32. The number of rotatable bonds is 3. The molecule has 1 saturated heterocycles. The largest absolute Gasteiger partial charge is 0.355 e. The highest BCUT2D eigenvalue weighted by Gasteiger charge is 2.19. The van der Waals surface area contributed by atoms with Gasteiger partial charge >= 0.3 is 5.69 Å². The van der Waals surface area contributed by atoms with Gasteiger partial charge in [0.25, 0.3) is 0 Å². The Morgan fingerprint density at radius 3 is 2.57 bits per heavy atom. The number of hydrogen-bond donors (Lipinski definition) is 3. The summed E-state index contributed by atoms with van der Waals surface area (Å²) in [6, 6.07) is 16.4. The Balaban J connectivity index is 1.69. The number of nitrogens with one attached hydrogen (secondary N) is 3. The fraction of sp³-hybridized carbons (Fsp3) is 0.278. The Morgan fingerprint density at radius 1 is 1.00 bits per heavy atom. The molecule has 3 N–H and O–H groups in total. The number of hydrogen-bond acceptors (Lipinski definition) is 3. The van der Waals surface area contributed by atoms with Crippen LogP contribution in [-0.4, -0.2) is 22.6 Å². The third kappa shape index (κ3) is 2.75. The molecule has 2 heterocycles. The van der Waals surface area contributed by atoms with Crippen LogP contribution in [0.2, 0.25) is 0 Å². The fourth-order valence-corrected chi connectivity index (χ4v) is 3.32. The first-order valence-corrected chi connectivity index (χ1v) is 8.08. The number of anilines is 2. The van der Waals surface area contributed by atoms with E-state index < -0.39 is 0 Å². The molecule has 4 rings (SSSR count). The number of fused-ring (bicyclic) bond motifs is 1. The second kappa shape index (κ2) is 5.93. The smallest absolute Gasteiger partial charge is 0.326 e. The summed E-state index contributed by atoms with van der Waals surface area (Å²) in [5, 5.41) is 6.71. The minimum absolute atomic E-state index is 0.0104. The van der Waals surface area contributed by atoms with Gasteiger partial charge in [0.15, 0.2) is 0 Å². The highest BCUT2D eigenvalue weighted by Crippen LogP contribution is 2.25. The van der Waals surface area contributed by atoms with Gasteiger partial charge in [-0.2, -0.15) is 0 Å². The molecule has 5 heteroatoms. The zero-order chi connectivity index (χ0) is 15.6. The topological polar surface area (TPSA) is 61.9 Å². The van der Waals surface area contributed by atoms with Crippen LogP contribution >= 0.6 is 0 Å². The predicted molar refractivity (Wildman–Crippen MR) is 93.4 cm³/mol. The lowest BCUT2D eigenvalue weighted by atomic mass is 10.1. The molecular formula is C18H20N4O.